The fraction of sp³-hybridized carbons (Fsp3) is 0.929. The van der Waals surface area contributed by atoms with Crippen LogP contribution < -0.4 is 5.32 Å². The van der Waals surface area contributed by atoms with Crippen LogP contribution in [0.3, 0.4) is 0 Å². The van der Waals surface area contributed by atoms with Gasteiger partial charge in [0.1, 0.15) is 0 Å². The van der Waals surface area contributed by atoms with Gasteiger partial charge in [0, 0.05) is 25.0 Å². The molecule has 1 amide bonds. The molecule has 98 valence electrons. The Morgan fingerprint density at radius 1 is 1.29 bits per heavy atom. The average Bonchev–Trinajstić information content (AvgIpc) is 3.06. The number of carbonyl (C=O) groups excluding carboxylic acids is 1. The molecule has 0 radical (unpaired) electrons. The van der Waals surface area contributed by atoms with Crippen molar-refractivity contribution < 1.29 is 4.79 Å². The number of hydrogen-bond donors (Lipinski definition) is 1. The minimum absolute atomic E-state index is 0.339. The van der Waals surface area contributed by atoms with Crippen molar-refractivity contribution in [3.63, 3.8) is 0 Å². The van der Waals surface area contributed by atoms with Gasteiger partial charge in [-0.3, -0.25) is 4.79 Å². The van der Waals surface area contributed by atoms with Gasteiger partial charge >= 0.3 is 0 Å². The number of nitrogens with zero attached hydrogens (tertiary/aromatic N) is 1. The first-order valence-electron chi connectivity index (χ1n) is 7.13. The van der Waals surface area contributed by atoms with Gasteiger partial charge in [-0.15, -0.1) is 0 Å². The van der Waals surface area contributed by atoms with Gasteiger partial charge in [0.2, 0.25) is 5.91 Å². The van der Waals surface area contributed by atoms with Gasteiger partial charge in [-0.25, -0.2) is 0 Å². The largest absolute Gasteiger partial charge is 0.343 e. The molecule has 0 aromatic heterocycles. The van der Waals surface area contributed by atoms with Gasteiger partial charge < -0.3 is 10.2 Å². The van der Waals surface area contributed by atoms with Crippen LogP contribution in [0, 0.1) is 11.8 Å². The molecule has 1 N–H and O–H groups in total. The number of carbonyl (C=O) groups is 1. The van der Waals surface area contributed by atoms with E-state index >= 15 is 0 Å². The smallest absolute Gasteiger partial charge is 0.225 e. The van der Waals surface area contributed by atoms with Crippen molar-refractivity contribution in [1.29, 1.82) is 0 Å². The number of hydrogen-bond acceptors (Lipinski definition) is 2. The molecule has 0 heterocycles. The minimum atomic E-state index is 0.339. The van der Waals surface area contributed by atoms with E-state index in [9.17, 15) is 4.79 Å². The third-order valence-electron chi connectivity index (χ3n) is 4.51. The van der Waals surface area contributed by atoms with Crippen LogP contribution in [0.4, 0.5) is 0 Å². The Labute approximate surface area is 105 Å². The SMILES string of the molecule is CCNC1CCC(N(C)C(=O)C2CC2C)CC1. The molecular formula is C14H26N2O. The molecule has 17 heavy (non-hydrogen) atoms. The van der Waals surface area contributed by atoms with Crippen LogP contribution in [0.15, 0.2) is 0 Å². The quantitative estimate of drug-likeness (QED) is 0.812. The molecule has 3 nitrogen and oxygen atoms in total. The van der Waals surface area contributed by atoms with Gasteiger partial charge in [-0.1, -0.05) is 13.8 Å². The molecule has 0 spiro atoms. The molecule has 2 unspecified atom stereocenters. The van der Waals surface area contributed by atoms with E-state index in [1.807, 2.05) is 11.9 Å². The lowest BCUT2D eigenvalue weighted by molar-refractivity contribution is -0.134. The van der Waals surface area contributed by atoms with E-state index in [4.69, 9.17) is 0 Å². The fourth-order valence-corrected chi connectivity index (χ4v) is 3.06. The molecule has 2 rings (SSSR count). The summed E-state index contributed by atoms with van der Waals surface area (Å²) in [5.74, 6) is 1.36. The van der Waals surface area contributed by atoms with Crippen LogP contribution >= 0.6 is 0 Å². The van der Waals surface area contributed by atoms with Crippen LogP contribution in [0.1, 0.15) is 46.0 Å². The summed E-state index contributed by atoms with van der Waals surface area (Å²) in [6.45, 7) is 5.40. The summed E-state index contributed by atoms with van der Waals surface area (Å²) in [4.78, 5) is 14.2. The maximum atomic E-state index is 12.1. The lowest BCUT2D eigenvalue weighted by Crippen LogP contribution is -2.43. The molecule has 2 saturated carbocycles. The highest BCUT2D eigenvalue weighted by Gasteiger charge is 2.42. The minimum Gasteiger partial charge on any atom is -0.343 e. The first-order chi connectivity index (χ1) is 8.13. The summed E-state index contributed by atoms with van der Waals surface area (Å²) >= 11 is 0. The Bertz CT molecular complexity index is 271. The summed E-state index contributed by atoms with van der Waals surface area (Å²) in [5.41, 5.74) is 0. The summed E-state index contributed by atoms with van der Waals surface area (Å²) in [7, 11) is 2.01. The van der Waals surface area contributed by atoms with Crippen LogP contribution in [-0.4, -0.2) is 36.5 Å². The van der Waals surface area contributed by atoms with E-state index in [1.54, 1.807) is 0 Å². The molecular weight excluding hydrogens is 212 g/mol. The zero-order valence-electron chi connectivity index (χ0n) is 11.4. The Morgan fingerprint density at radius 2 is 1.88 bits per heavy atom. The van der Waals surface area contributed by atoms with E-state index in [2.05, 4.69) is 19.2 Å². The van der Waals surface area contributed by atoms with Crippen LogP contribution in [-0.2, 0) is 4.79 Å². The van der Waals surface area contributed by atoms with Crippen molar-refractivity contribution in [2.24, 2.45) is 11.8 Å². The second-order valence-electron chi connectivity index (χ2n) is 5.83. The maximum absolute atomic E-state index is 12.1. The molecule has 2 fully saturated rings. The number of amides is 1. The summed E-state index contributed by atoms with van der Waals surface area (Å²) in [6, 6.07) is 1.17. The van der Waals surface area contributed by atoms with E-state index in [0.29, 0.717) is 29.8 Å². The van der Waals surface area contributed by atoms with E-state index < -0.39 is 0 Å². The van der Waals surface area contributed by atoms with Crippen LogP contribution in [0.25, 0.3) is 0 Å². The van der Waals surface area contributed by atoms with Crippen molar-refractivity contribution in [2.45, 2.75) is 58.0 Å². The topological polar surface area (TPSA) is 32.3 Å². The Kier molecular flexibility index (Phi) is 4.08. The van der Waals surface area contributed by atoms with Crippen molar-refractivity contribution in [2.75, 3.05) is 13.6 Å². The molecule has 2 atom stereocenters. The molecule has 0 aromatic carbocycles. The summed E-state index contributed by atoms with van der Waals surface area (Å²) in [6.07, 6.45) is 5.88. The molecule has 2 aliphatic carbocycles. The second-order valence-corrected chi connectivity index (χ2v) is 5.83. The highest BCUT2D eigenvalue weighted by Crippen LogP contribution is 2.40. The van der Waals surface area contributed by atoms with Gasteiger partial charge in [-0.2, -0.15) is 0 Å². The summed E-state index contributed by atoms with van der Waals surface area (Å²) in [5, 5.41) is 3.51. The van der Waals surface area contributed by atoms with Crippen molar-refractivity contribution in [3.8, 4) is 0 Å². The molecule has 0 aliphatic heterocycles. The van der Waals surface area contributed by atoms with E-state index in [-0.39, 0.29) is 0 Å². The predicted molar refractivity (Wildman–Crippen MR) is 69.8 cm³/mol. The molecule has 0 bridgehead atoms. The van der Waals surface area contributed by atoms with Gasteiger partial charge in [-0.05, 0) is 44.6 Å². The number of rotatable bonds is 4. The first kappa shape index (κ1) is 12.9. The van der Waals surface area contributed by atoms with Crippen LogP contribution in [0.2, 0.25) is 0 Å². The third-order valence-corrected chi connectivity index (χ3v) is 4.51. The molecule has 0 aromatic rings. The zero-order chi connectivity index (χ0) is 12.4. The van der Waals surface area contributed by atoms with E-state index in [0.717, 1.165) is 13.0 Å². The standard InChI is InChI=1S/C14H26N2O/c1-4-15-11-5-7-12(8-6-11)16(3)14(17)13-9-10(13)2/h10-13,15H,4-9H2,1-3H3. The Balaban J connectivity index is 1.78. The van der Waals surface area contributed by atoms with Crippen molar-refractivity contribution in [1.82, 2.24) is 10.2 Å². The highest BCUT2D eigenvalue weighted by molar-refractivity contribution is 5.81. The monoisotopic (exact) mass is 238 g/mol. The van der Waals surface area contributed by atoms with Gasteiger partial charge in [0.15, 0.2) is 0 Å². The number of nitrogens with one attached hydrogen (secondary N) is 1. The zero-order valence-corrected chi connectivity index (χ0v) is 11.4. The third kappa shape index (κ3) is 3.01. The van der Waals surface area contributed by atoms with Crippen molar-refractivity contribution >= 4 is 5.91 Å². The second kappa shape index (κ2) is 5.38. The fourth-order valence-electron chi connectivity index (χ4n) is 3.06. The lowest BCUT2D eigenvalue weighted by atomic mass is 9.90. The maximum Gasteiger partial charge on any atom is 0.225 e. The highest BCUT2D eigenvalue weighted by atomic mass is 16.2. The van der Waals surface area contributed by atoms with Gasteiger partial charge in [0.05, 0.1) is 0 Å². The lowest BCUT2D eigenvalue weighted by Gasteiger charge is -2.35. The Hall–Kier alpha value is -0.570. The average molecular weight is 238 g/mol. The predicted octanol–water partition coefficient (Wildman–Crippen LogP) is 2.02. The summed E-state index contributed by atoms with van der Waals surface area (Å²) < 4.78 is 0. The first-order valence-corrected chi connectivity index (χ1v) is 7.13. The Morgan fingerprint density at radius 3 is 2.35 bits per heavy atom. The van der Waals surface area contributed by atoms with Crippen molar-refractivity contribution in [3.05, 3.63) is 0 Å². The normalized spacial score (nSPS) is 36.6. The molecule has 0 saturated heterocycles. The van der Waals surface area contributed by atoms with Gasteiger partial charge in [0.25, 0.3) is 0 Å². The van der Waals surface area contributed by atoms with Crippen LogP contribution in [0.5, 0.6) is 0 Å². The molecule has 2 aliphatic rings. The van der Waals surface area contributed by atoms with E-state index in [1.165, 1.54) is 25.7 Å². The molecule has 3 heteroatoms.